The third kappa shape index (κ3) is 3.62. The van der Waals surface area contributed by atoms with Crippen LogP contribution in [0, 0.1) is 0 Å². The van der Waals surface area contributed by atoms with Gasteiger partial charge >= 0.3 is 0 Å². The lowest BCUT2D eigenvalue weighted by Crippen LogP contribution is -2.01. The molecular formula is C14H19ClO2. The highest BCUT2D eigenvalue weighted by molar-refractivity contribution is 6.30. The average Bonchev–Trinajstić information content (AvgIpc) is 3.01. The van der Waals surface area contributed by atoms with Crippen LogP contribution in [-0.2, 0) is 11.2 Å². The molecule has 0 aliphatic carbocycles. The predicted molar refractivity (Wildman–Crippen MR) is 69.9 cm³/mol. The predicted octanol–water partition coefficient (Wildman–Crippen LogP) is 3.85. The maximum Gasteiger partial charge on any atom is 0.122 e. The standard InChI is InChI=1S/C14H19ClO2/c1-3-8-16-14-7-5-12(15)9-11(14)4-6-13-10(2)17-13/h5,7,9-10,13H,3-4,6,8H2,1-2H3. The van der Waals surface area contributed by atoms with E-state index in [9.17, 15) is 0 Å². The number of halogens is 1. The van der Waals surface area contributed by atoms with E-state index in [0.29, 0.717) is 12.2 Å². The van der Waals surface area contributed by atoms with Crippen molar-refractivity contribution >= 4 is 11.6 Å². The van der Waals surface area contributed by atoms with Crippen molar-refractivity contribution in [2.45, 2.75) is 45.3 Å². The number of ether oxygens (including phenoxy) is 2. The SMILES string of the molecule is CCCOc1ccc(Cl)cc1CCC1OC1C. The summed E-state index contributed by atoms with van der Waals surface area (Å²) in [5.41, 5.74) is 1.19. The maximum absolute atomic E-state index is 6.02. The van der Waals surface area contributed by atoms with E-state index < -0.39 is 0 Å². The van der Waals surface area contributed by atoms with Gasteiger partial charge in [-0.05, 0) is 49.9 Å². The normalized spacial score (nSPS) is 22.5. The van der Waals surface area contributed by atoms with Gasteiger partial charge in [-0.25, -0.2) is 0 Å². The first-order valence-electron chi connectivity index (χ1n) is 6.27. The summed E-state index contributed by atoms with van der Waals surface area (Å²) in [4.78, 5) is 0. The molecule has 2 nitrogen and oxygen atoms in total. The highest BCUT2D eigenvalue weighted by Gasteiger charge is 2.33. The molecular weight excluding hydrogens is 236 g/mol. The van der Waals surface area contributed by atoms with Gasteiger partial charge < -0.3 is 9.47 Å². The van der Waals surface area contributed by atoms with Crippen molar-refractivity contribution in [1.82, 2.24) is 0 Å². The zero-order chi connectivity index (χ0) is 12.3. The van der Waals surface area contributed by atoms with Gasteiger partial charge in [0.1, 0.15) is 5.75 Å². The van der Waals surface area contributed by atoms with Crippen molar-refractivity contribution in [2.75, 3.05) is 6.61 Å². The Kier molecular flexibility index (Phi) is 4.30. The topological polar surface area (TPSA) is 21.8 Å². The summed E-state index contributed by atoms with van der Waals surface area (Å²) >= 11 is 6.02. The third-order valence-corrected chi connectivity index (χ3v) is 3.25. The summed E-state index contributed by atoms with van der Waals surface area (Å²) in [7, 11) is 0. The van der Waals surface area contributed by atoms with Crippen molar-refractivity contribution in [3.63, 3.8) is 0 Å². The first-order chi connectivity index (χ1) is 8.20. The van der Waals surface area contributed by atoms with Crippen LogP contribution in [0.3, 0.4) is 0 Å². The van der Waals surface area contributed by atoms with Crippen LogP contribution in [0.2, 0.25) is 5.02 Å². The summed E-state index contributed by atoms with van der Waals surface area (Å²) in [5.74, 6) is 0.963. The number of rotatable bonds is 6. The molecule has 1 heterocycles. The van der Waals surface area contributed by atoms with Gasteiger partial charge in [0, 0.05) is 5.02 Å². The van der Waals surface area contributed by atoms with Gasteiger partial charge in [-0.1, -0.05) is 18.5 Å². The summed E-state index contributed by atoms with van der Waals surface area (Å²) in [6, 6.07) is 5.84. The van der Waals surface area contributed by atoms with Crippen LogP contribution in [0.25, 0.3) is 0 Å². The Balaban J connectivity index is 1.98. The molecule has 1 aromatic carbocycles. The first kappa shape index (κ1) is 12.7. The molecule has 2 atom stereocenters. The van der Waals surface area contributed by atoms with Crippen LogP contribution in [0.5, 0.6) is 5.75 Å². The smallest absolute Gasteiger partial charge is 0.122 e. The van der Waals surface area contributed by atoms with Crippen molar-refractivity contribution in [2.24, 2.45) is 0 Å². The summed E-state index contributed by atoms with van der Waals surface area (Å²) < 4.78 is 11.1. The molecule has 3 heteroatoms. The minimum Gasteiger partial charge on any atom is -0.493 e. The van der Waals surface area contributed by atoms with E-state index in [1.807, 2.05) is 18.2 Å². The molecule has 1 aromatic rings. The van der Waals surface area contributed by atoms with E-state index in [-0.39, 0.29) is 0 Å². The second-order valence-electron chi connectivity index (χ2n) is 4.52. The zero-order valence-corrected chi connectivity index (χ0v) is 11.2. The van der Waals surface area contributed by atoms with Crippen LogP contribution in [-0.4, -0.2) is 18.8 Å². The Morgan fingerprint density at radius 2 is 2.18 bits per heavy atom. The summed E-state index contributed by atoms with van der Waals surface area (Å²) in [5, 5.41) is 0.772. The molecule has 0 radical (unpaired) electrons. The molecule has 0 aromatic heterocycles. The molecule has 0 bridgehead atoms. The van der Waals surface area contributed by atoms with Crippen LogP contribution in [0.15, 0.2) is 18.2 Å². The van der Waals surface area contributed by atoms with Gasteiger partial charge in [-0.3, -0.25) is 0 Å². The van der Waals surface area contributed by atoms with Gasteiger partial charge in [0.2, 0.25) is 0 Å². The minimum atomic E-state index is 0.424. The third-order valence-electron chi connectivity index (χ3n) is 3.02. The van der Waals surface area contributed by atoms with E-state index in [0.717, 1.165) is 36.6 Å². The monoisotopic (exact) mass is 254 g/mol. The lowest BCUT2D eigenvalue weighted by atomic mass is 10.1. The van der Waals surface area contributed by atoms with Crippen molar-refractivity contribution in [3.8, 4) is 5.75 Å². The summed E-state index contributed by atoms with van der Waals surface area (Å²) in [6.07, 6.45) is 3.88. The van der Waals surface area contributed by atoms with E-state index in [4.69, 9.17) is 21.1 Å². The van der Waals surface area contributed by atoms with Crippen LogP contribution >= 0.6 is 11.6 Å². The zero-order valence-electron chi connectivity index (χ0n) is 10.4. The van der Waals surface area contributed by atoms with E-state index >= 15 is 0 Å². The molecule has 1 fully saturated rings. The number of benzene rings is 1. The van der Waals surface area contributed by atoms with Gasteiger partial charge in [-0.2, -0.15) is 0 Å². The molecule has 1 aliphatic rings. The lowest BCUT2D eigenvalue weighted by Gasteiger charge is -2.10. The highest BCUT2D eigenvalue weighted by Crippen LogP contribution is 2.29. The number of epoxide rings is 1. The maximum atomic E-state index is 6.02. The Morgan fingerprint density at radius 1 is 1.41 bits per heavy atom. The van der Waals surface area contributed by atoms with E-state index in [2.05, 4.69) is 13.8 Å². The van der Waals surface area contributed by atoms with Crippen LogP contribution in [0.4, 0.5) is 0 Å². The second kappa shape index (κ2) is 5.74. The van der Waals surface area contributed by atoms with E-state index in [1.165, 1.54) is 5.56 Å². The molecule has 0 amide bonds. The fourth-order valence-electron chi connectivity index (χ4n) is 1.93. The Labute approximate surface area is 108 Å². The molecule has 94 valence electrons. The fourth-order valence-corrected chi connectivity index (χ4v) is 2.12. The van der Waals surface area contributed by atoms with Gasteiger partial charge in [0.05, 0.1) is 18.8 Å². The number of aryl methyl sites for hydroxylation is 1. The first-order valence-corrected chi connectivity index (χ1v) is 6.65. The van der Waals surface area contributed by atoms with Crippen molar-refractivity contribution < 1.29 is 9.47 Å². The molecule has 0 spiro atoms. The highest BCUT2D eigenvalue weighted by atomic mass is 35.5. The van der Waals surface area contributed by atoms with E-state index in [1.54, 1.807) is 0 Å². The van der Waals surface area contributed by atoms with Crippen molar-refractivity contribution in [3.05, 3.63) is 28.8 Å². The fraction of sp³-hybridized carbons (Fsp3) is 0.571. The molecule has 0 saturated carbocycles. The Hall–Kier alpha value is -0.730. The average molecular weight is 255 g/mol. The van der Waals surface area contributed by atoms with Gasteiger partial charge in [0.25, 0.3) is 0 Å². The van der Waals surface area contributed by atoms with Crippen LogP contribution in [0.1, 0.15) is 32.3 Å². The molecule has 2 rings (SSSR count). The quantitative estimate of drug-likeness (QED) is 0.720. The molecule has 2 unspecified atom stereocenters. The number of hydrogen-bond acceptors (Lipinski definition) is 2. The molecule has 0 N–H and O–H groups in total. The second-order valence-corrected chi connectivity index (χ2v) is 4.96. The van der Waals surface area contributed by atoms with Crippen LogP contribution < -0.4 is 4.74 Å². The number of hydrogen-bond donors (Lipinski definition) is 0. The molecule has 17 heavy (non-hydrogen) atoms. The Morgan fingerprint density at radius 3 is 2.82 bits per heavy atom. The largest absolute Gasteiger partial charge is 0.493 e. The Bertz CT molecular complexity index is 378. The molecule has 1 aliphatic heterocycles. The van der Waals surface area contributed by atoms with Gasteiger partial charge in [-0.15, -0.1) is 0 Å². The lowest BCUT2D eigenvalue weighted by molar-refractivity contribution is 0.313. The summed E-state index contributed by atoms with van der Waals surface area (Å²) in [6.45, 7) is 4.97. The minimum absolute atomic E-state index is 0.424. The molecule has 1 saturated heterocycles. The van der Waals surface area contributed by atoms with Gasteiger partial charge in [0.15, 0.2) is 0 Å². The van der Waals surface area contributed by atoms with Crippen molar-refractivity contribution in [1.29, 1.82) is 0 Å².